The molecule has 4 N–H and O–H groups in total. The third kappa shape index (κ3) is 1.60. The molecule has 1 rings (SSSR count). The second kappa shape index (κ2) is 3.68. The standard InChI is InChI=1S/C7H14O5/c1-2-3-4(8)5(9)6(10)7(11)12-3/h3-11H,2H2,1H3/t3-,4+,5+,6+,7-/m1/s1. The largest absolute Gasteiger partial charge is 0.388 e. The van der Waals surface area contributed by atoms with Crippen LogP contribution in [0, 0.1) is 0 Å². The van der Waals surface area contributed by atoms with E-state index in [9.17, 15) is 10.2 Å². The molecule has 5 atom stereocenters. The van der Waals surface area contributed by atoms with Gasteiger partial charge in [-0.3, -0.25) is 0 Å². The molecule has 1 heterocycles. The first-order valence-corrected chi connectivity index (χ1v) is 3.95. The highest BCUT2D eigenvalue weighted by atomic mass is 16.6. The van der Waals surface area contributed by atoms with Crippen molar-refractivity contribution in [2.75, 3.05) is 0 Å². The summed E-state index contributed by atoms with van der Waals surface area (Å²) in [5, 5.41) is 36.5. The molecule has 0 amide bonds. The molecule has 1 aliphatic rings. The maximum Gasteiger partial charge on any atom is 0.183 e. The van der Waals surface area contributed by atoms with Crippen molar-refractivity contribution in [1.29, 1.82) is 0 Å². The van der Waals surface area contributed by atoms with Crippen LogP contribution in [0.1, 0.15) is 13.3 Å². The van der Waals surface area contributed by atoms with Crippen molar-refractivity contribution in [2.45, 2.75) is 44.1 Å². The van der Waals surface area contributed by atoms with Crippen molar-refractivity contribution in [3.05, 3.63) is 0 Å². The van der Waals surface area contributed by atoms with E-state index in [1.54, 1.807) is 6.92 Å². The number of hydrogen-bond acceptors (Lipinski definition) is 5. The molecular weight excluding hydrogens is 164 g/mol. The van der Waals surface area contributed by atoms with Crippen molar-refractivity contribution in [3.8, 4) is 0 Å². The summed E-state index contributed by atoms with van der Waals surface area (Å²) in [5.74, 6) is 0. The predicted octanol–water partition coefficient (Wildman–Crippen LogP) is -1.80. The minimum atomic E-state index is -1.43. The van der Waals surface area contributed by atoms with Crippen molar-refractivity contribution in [3.63, 3.8) is 0 Å². The highest BCUT2D eigenvalue weighted by Gasteiger charge is 2.41. The third-order valence-electron chi connectivity index (χ3n) is 2.09. The molecule has 12 heavy (non-hydrogen) atoms. The average molecular weight is 178 g/mol. The quantitative estimate of drug-likeness (QED) is 0.380. The van der Waals surface area contributed by atoms with Gasteiger partial charge >= 0.3 is 0 Å². The topological polar surface area (TPSA) is 90.2 Å². The first kappa shape index (κ1) is 9.88. The number of aliphatic hydroxyl groups is 4. The van der Waals surface area contributed by atoms with Gasteiger partial charge in [0.05, 0.1) is 6.10 Å². The lowest BCUT2D eigenvalue weighted by Gasteiger charge is -2.37. The second-order valence-corrected chi connectivity index (χ2v) is 2.95. The molecule has 0 radical (unpaired) electrons. The second-order valence-electron chi connectivity index (χ2n) is 2.95. The van der Waals surface area contributed by atoms with E-state index in [0.717, 1.165) is 0 Å². The zero-order valence-electron chi connectivity index (χ0n) is 6.79. The van der Waals surface area contributed by atoms with Crippen LogP contribution >= 0.6 is 0 Å². The Labute approximate surface area is 70.2 Å². The molecule has 1 fully saturated rings. The van der Waals surface area contributed by atoms with Gasteiger partial charge in [-0.05, 0) is 6.42 Å². The van der Waals surface area contributed by atoms with E-state index in [2.05, 4.69) is 0 Å². The van der Waals surface area contributed by atoms with Gasteiger partial charge in [-0.15, -0.1) is 0 Å². The van der Waals surface area contributed by atoms with Crippen molar-refractivity contribution in [2.24, 2.45) is 0 Å². The number of rotatable bonds is 1. The molecule has 1 saturated heterocycles. The van der Waals surface area contributed by atoms with E-state index < -0.39 is 30.7 Å². The number of hydrogen-bond donors (Lipinski definition) is 4. The zero-order valence-corrected chi connectivity index (χ0v) is 6.79. The van der Waals surface area contributed by atoms with E-state index in [4.69, 9.17) is 14.9 Å². The van der Waals surface area contributed by atoms with E-state index in [1.165, 1.54) is 0 Å². The minimum absolute atomic E-state index is 0.474. The lowest BCUT2D eigenvalue weighted by atomic mass is 9.97. The molecular formula is C7H14O5. The Hall–Kier alpha value is -0.200. The van der Waals surface area contributed by atoms with Crippen LogP contribution in [0.25, 0.3) is 0 Å². The summed E-state index contributed by atoms with van der Waals surface area (Å²) in [6, 6.07) is 0. The lowest BCUT2D eigenvalue weighted by molar-refractivity contribution is -0.281. The molecule has 0 aromatic heterocycles. The number of aliphatic hydroxyl groups excluding tert-OH is 4. The molecule has 0 aliphatic carbocycles. The monoisotopic (exact) mass is 178 g/mol. The molecule has 0 spiro atoms. The lowest BCUT2D eigenvalue weighted by Crippen LogP contribution is -2.57. The highest BCUT2D eigenvalue weighted by Crippen LogP contribution is 2.21. The molecule has 72 valence electrons. The highest BCUT2D eigenvalue weighted by molar-refractivity contribution is 4.87. The normalized spacial score (nSPS) is 49.2. The average Bonchev–Trinajstić information content (AvgIpc) is 2.08. The van der Waals surface area contributed by atoms with E-state index in [0.29, 0.717) is 6.42 Å². The fourth-order valence-electron chi connectivity index (χ4n) is 1.27. The summed E-state index contributed by atoms with van der Waals surface area (Å²) in [4.78, 5) is 0. The smallest absolute Gasteiger partial charge is 0.183 e. The van der Waals surface area contributed by atoms with Crippen LogP contribution in [-0.2, 0) is 4.74 Å². The zero-order chi connectivity index (χ0) is 9.30. The number of ether oxygens (including phenoxy) is 1. The van der Waals surface area contributed by atoms with Crippen LogP contribution in [0.3, 0.4) is 0 Å². The molecule has 5 heteroatoms. The Morgan fingerprint density at radius 1 is 1.00 bits per heavy atom. The van der Waals surface area contributed by atoms with E-state index in [-0.39, 0.29) is 0 Å². The van der Waals surface area contributed by atoms with Crippen LogP contribution in [-0.4, -0.2) is 51.1 Å². The first-order valence-electron chi connectivity index (χ1n) is 3.95. The Balaban J connectivity index is 2.63. The van der Waals surface area contributed by atoms with Crippen LogP contribution in [0.15, 0.2) is 0 Å². The van der Waals surface area contributed by atoms with Crippen molar-refractivity contribution >= 4 is 0 Å². The molecule has 0 unspecified atom stereocenters. The Kier molecular flexibility index (Phi) is 3.03. The van der Waals surface area contributed by atoms with Gasteiger partial charge < -0.3 is 25.2 Å². The van der Waals surface area contributed by atoms with Gasteiger partial charge in [-0.2, -0.15) is 0 Å². The molecule has 0 aromatic carbocycles. The van der Waals surface area contributed by atoms with Gasteiger partial charge in [0.25, 0.3) is 0 Å². The minimum Gasteiger partial charge on any atom is -0.388 e. The van der Waals surface area contributed by atoms with Gasteiger partial charge in [0.1, 0.15) is 18.3 Å². The maximum atomic E-state index is 9.28. The molecule has 0 aromatic rings. The summed E-state index contributed by atoms with van der Waals surface area (Å²) in [6.45, 7) is 1.75. The van der Waals surface area contributed by atoms with Gasteiger partial charge in [0.15, 0.2) is 6.29 Å². The molecule has 1 aliphatic heterocycles. The fraction of sp³-hybridized carbons (Fsp3) is 1.00. The summed E-state index contributed by atoms with van der Waals surface area (Å²) >= 11 is 0. The SMILES string of the molecule is CC[C@H]1O[C@@H](O)[C@@H](O)[C@@H](O)[C@H]1O. The predicted molar refractivity (Wildman–Crippen MR) is 39.2 cm³/mol. The van der Waals surface area contributed by atoms with Crippen LogP contribution in [0.2, 0.25) is 0 Å². The van der Waals surface area contributed by atoms with Crippen LogP contribution in [0.4, 0.5) is 0 Å². The van der Waals surface area contributed by atoms with Crippen molar-refractivity contribution in [1.82, 2.24) is 0 Å². The molecule has 0 bridgehead atoms. The fourth-order valence-corrected chi connectivity index (χ4v) is 1.27. The molecule has 5 nitrogen and oxygen atoms in total. The van der Waals surface area contributed by atoms with Crippen molar-refractivity contribution < 1.29 is 25.2 Å². The van der Waals surface area contributed by atoms with Crippen LogP contribution in [0.5, 0.6) is 0 Å². The van der Waals surface area contributed by atoms with Gasteiger partial charge in [-0.25, -0.2) is 0 Å². The summed E-state index contributed by atoms with van der Waals surface area (Å²) in [6.07, 6.45) is -5.44. The Morgan fingerprint density at radius 3 is 2.08 bits per heavy atom. The van der Waals surface area contributed by atoms with Gasteiger partial charge in [0.2, 0.25) is 0 Å². The van der Waals surface area contributed by atoms with E-state index >= 15 is 0 Å². The summed E-state index contributed by atoms with van der Waals surface area (Å²) < 4.78 is 4.83. The molecule has 0 saturated carbocycles. The third-order valence-corrected chi connectivity index (χ3v) is 2.09. The van der Waals surface area contributed by atoms with E-state index in [1.807, 2.05) is 0 Å². The first-order chi connectivity index (χ1) is 5.57. The van der Waals surface area contributed by atoms with Crippen LogP contribution < -0.4 is 0 Å². The summed E-state index contributed by atoms with van der Waals surface area (Å²) in [7, 11) is 0. The van der Waals surface area contributed by atoms with Gasteiger partial charge in [0, 0.05) is 0 Å². The Bertz CT molecular complexity index is 146. The maximum absolute atomic E-state index is 9.28. The van der Waals surface area contributed by atoms with Gasteiger partial charge in [-0.1, -0.05) is 6.92 Å². The Morgan fingerprint density at radius 2 is 1.58 bits per heavy atom. The summed E-state index contributed by atoms with van der Waals surface area (Å²) in [5.41, 5.74) is 0.